The molecule has 18 heavy (non-hydrogen) atoms. The highest BCUT2D eigenvalue weighted by atomic mass is 16.5. The average molecular weight is 248 g/mol. The van der Waals surface area contributed by atoms with E-state index in [-0.39, 0.29) is 6.04 Å². The number of hydrogen-bond donors (Lipinski definition) is 1. The molecule has 0 radical (unpaired) electrons. The lowest BCUT2D eigenvalue weighted by molar-refractivity contribution is 0.356. The van der Waals surface area contributed by atoms with Crippen LogP contribution in [-0.2, 0) is 13.5 Å². The number of aromatic nitrogens is 3. The fourth-order valence-electron chi connectivity index (χ4n) is 2.05. The number of nitrogens with zero attached hydrogens (tertiary/aromatic N) is 3. The van der Waals surface area contributed by atoms with Crippen LogP contribution in [0.2, 0.25) is 0 Å². The Bertz CT molecular complexity index is 515. The summed E-state index contributed by atoms with van der Waals surface area (Å²) in [6, 6.07) is 1.86. The van der Waals surface area contributed by atoms with Crippen LogP contribution in [0.1, 0.15) is 44.2 Å². The van der Waals surface area contributed by atoms with Crippen molar-refractivity contribution in [3.05, 3.63) is 23.7 Å². The Balaban J connectivity index is 2.28. The molecule has 98 valence electrons. The first-order chi connectivity index (χ1) is 8.65. The lowest BCUT2D eigenvalue weighted by Crippen LogP contribution is -2.08. The van der Waals surface area contributed by atoms with Crippen molar-refractivity contribution in [2.75, 3.05) is 0 Å². The van der Waals surface area contributed by atoms with Crippen LogP contribution < -0.4 is 5.73 Å². The molecule has 0 spiro atoms. The summed E-state index contributed by atoms with van der Waals surface area (Å²) in [4.78, 5) is 0. The highest BCUT2D eigenvalue weighted by molar-refractivity contribution is 5.61. The Morgan fingerprint density at radius 2 is 2.22 bits per heavy atom. The number of rotatable bonds is 5. The molecule has 1 unspecified atom stereocenters. The summed E-state index contributed by atoms with van der Waals surface area (Å²) in [5, 5.41) is 8.50. The van der Waals surface area contributed by atoms with Gasteiger partial charge >= 0.3 is 0 Å². The van der Waals surface area contributed by atoms with E-state index >= 15 is 0 Å². The van der Waals surface area contributed by atoms with Crippen LogP contribution in [0.3, 0.4) is 0 Å². The van der Waals surface area contributed by atoms with Gasteiger partial charge in [0.1, 0.15) is 5.69 Å². The molecule has 0 aliphatic rings. The molecule has 0 fully saturated rings. The van der Waals surface area contributed by atoms with E-state index in [0.717, 1.165) is 42.0 Å². The number of aryl methyl sites for hydroxylation is 2. The fourth-order valence-corrected chi connectivity index (χ4v) is 2.05. The monoisotopic (exact) mass is 248 g/mol. The van der Waals surface area contributed by atoms with Crippen LogP contribution in [0.5, 0.6) is 0 Å². The van der Waals surface area contributed by atoms with E-state index < -0.39 is 0 Å². The van der Waals surface area contributed by atoms with Crippen molar-refractivity contribution in [2.45, 2.75) is 39.2 Å². The minimum absolute atomic E-state index is 0.0713. The van der Waals surface area contributed by atoms with Gasteiger partial charge in [0.25, 0.3) is 0 Å². The quantitative estimate of drug-likeness (QED) is 0.882. The minimum atomic E-state index is -0.0713. The second kappa shape index (κ2) is 5.35. The van der Waals surface area contributed by atoms with Crippen LogP contribution in [0.15, 0.2) is 16.8 Å². The highest BCUT2D eigenvalue weighted by Crippen LogP contribution is 2.25. The van der Waals surface area contributed by atoms with E-state index in [9.17, 15) is 0 Å². The molecule has 0 amide bonds. The zero-order chi connectivity index (χ0) is 13.1. The van der Waals surface area contributed by atoms with Crippen molar-refractivity contribution in [1.82, 2.24) is 14.9 Å². The third kappa shape index (κ3) is 2.46. The number of hydrogen-bond acceptors (Lipinski definition) is 4. The zero-order valence-corrected chi connectivity index (χ0v) is 11.2. The van der Waals surface area contributed by atoms with Gasteiger partial charge in [0.05, 0.1) is 11.7 Å². The largest absolute Gasteiger partial charge is 0.359 e. The lowest BCUT2D eigenvalue weighted by Gasteiger charge is -2.03. The topological polar surface area (TPSA) is 69.9 Å². The van der Waals surface area contributed by atoms with Gasteiger partial charge in [0.2, 0.25) is 0 Å². The maximum absolute atomic E-state index is 6.02. The second-order valence-corrected chi connectivity index (χ2v) is 4.53. The van der Waals surface area contributed by atoms with Gasteiger partial charge in [-0.15, -0.1) is 0 Å². The van der Waals surface area contributed by atoms with Gasteiger partial charge in [0.15, 0.2) is 5.76 Å². The van der Waals surface area contributed by atoms with Gasteiger partial charge in [-0.2, -0.15) is 5.10 Å². The van der Waals surface area contributed by atoms with Gasteiger partial charge in [-0.1, -0.05) is 25.4 Å². The Hall–Kier alpha value is -1.62. The molecule has 0 aliphatic carbocycles. The van der Waals surface area contributed by atoms with Crippen molar-refractivity contribution in [3.8, 4) is 11.3 Å². The molecule has 0 bridgehead atoms. The van der Waals surface area contributed by atoms with Crippen LogP contribution in [-0.4, -0.2) is 14.9 Å². The average Bonchev–Trinajstić information content (AvgIpc) is 2.95. The molecule has 2 aromatic rings. The minimum Gasteiger partial charge on any atom is -0.359 e. The van der Waals surface area contributed by atoms with Gasteiger partial charge in [-0.25, -0.2) is 0 Å². The van der Waals surface area contributed by atoms with Gasteiger partial charge in [-0.3, -0.25) is 4.68 Å². The summed E-state index contributed by atoms with van der Waals surface area (Å²) in [7, 11) is 1.91. The molecule has 1 atom stereocenters. The normalized spacial score (nSPS) is 12.9. The first kappa shape index (κ1) is 12.8. The Morgan fingerprint density at radius 1 is 1.44 bits per heavy atom. The zero-order valence-electron chi connectivity index (χ0n) is 11.2. The van der Waals surface area contributed by atoms with Crippen molar-refractivity contribution < 1.29 is 4.52 Å². The van der Waals surface area contributed by atoms with Crippen molar-refractivity contribution >= 4 is 0 Å². The molecule has 0 saturated heterocycles. The first-order valence-corrected chi connectivity index (χ1v) is 6.40. The smallest absolute Gasteiger partial charge is 0.154 e. The van der Waals surface area contributed by atoms with Gasteiger partial charge < -0.3 is 10.3 Å². The van der Waals surface area contributed by atoms with Crippen molar-refractivity contribution in [2.24, 2.45) is 12.8 Å². The van der Waals surface area contributed by atoms with Crippen LogP contribution in [0.4, 0.5) is 0 Å². The predicted molar refractivity (Wildman–Crippen MR) is 69.9 cm³/mol. The molecule has 5 nitrogen and oxygen atoms in total. The van der Waals surface area contributed by atoms with E-state index in [1.807, 2.05) is 19.3 Å². The molecular formula is C13H20N4O. The summed E-state index contributed by atoms with van der Waals surface area (Å²) in [5.74, 6) is 0.748. The van der Waals surface area contributed by atoms with Crippen LogP contribution in [0, 0.1) is 0 Å². The SMILES string of the molecule is CCCC(N)c1cc(-c2cn(C)nc2CC)no1. The molecule has 2 heterocycles. The standard InChI is InChI=1S/C13H20N4O/c1-4-6-10(14)13-7-12(16-18-13)9-8-17(3)15-11(9)5-2/h7-8,10H,4-6,14H2,1-3H3. The molecule has 5 heteroatoms. The molecular weight excluding hydrogens is 228 g/mol. The van der Waals surface area contributed by atoms with E-state index in [0.29, 0.717) is 0 Å². The van der Waals surface area contributed by atoms with Crippen molar-refractivity contribution in [1.29, 1.82) is 0 Å². The summed E-state index contributed by atoms with van der Waals surface area (Å²) in [6.45, 7) is 4.18. The third-order valence-corrected chi connectivity index (χ3v) is 3.01. The molecule has 0 saturated carbocycles. The van der Waals surface area contributed by atoms with E-state index in [4.69, 9.17) is 10.3 Å². The Labute approximate surface area is 107 Å². The fraction of sp³-hybridized carbons (Fsp3) is 0.538. The third-order valence-electron chi connectivity index (χ3n) is 3.01. The molecule has 0 aliphatic heterocycles. The van der Waals surface area contributed by atoms with Crippen LogP contribution >= 0.6 is 0 Å². The molecule has 0 aromatic carbocycles. The van der Waals surface area contributed by atoms with E-state index in [2.05, 4.69) is 24.1 Å². The lowest BCUT2D eigenvalue weighted by atomic mass is 10.1. The summed E-state index contributed by atoms with van der Waals surface area (Å²) in [6.07, 6.45) is 4.78. The maximum atomic E-state index is 6.02. The van der Waals surface area contributed by atoms with Gasteiger partial charge in [0, 0.05) is 24.9 Å². The molecule has 2 N–H and O–H groups in total. The highest BCUT2D eigenvalue weighted by Gasteiger charge is 2.16. The summed E-state index contributed by atoms with van der Waals surface area (Å²) in [5.41, 5.74) is 8.89. The van der Waals surface area contributed by atoms with E-state index in [1.54, 1.807) is 4.68 Å². The molecule has 2 aromatic heterocycles. The summed E-state index contributed by atoms with van der Waals surface area (Å²) >= 11 is 0. The van der Waals surface area contributed by atoms with Gasteiger partial charge in [-0.05, 0) is 12.8 Å². The molecule has 2 rings (SSSR count). The second-order valence-electron chi connectivity index (χ2n) is 4.53. The predicted octanol–water partition coefficient (Wildman–Crippen LogP) is 2.44. The maximum Gasteiger partial charge on any atom is 0.154 e. The summed E-state index contributed by atoms with van der Waals surface area (Å²) < 4.78 is 7.13. The Kier molecular flexibility index (Phi) is 3.81. The van der Waals surface area contributed by atoms with Crippen LogP contribution in [0.25, 0.3) is 11.3 Å². The first-order valence-electron chi connectivity index (χ1n) is 6.40. The number of nitrogens with two attached hydrogens (primary N) is 1. The van der Waals surface area contributed by atoms with E-state index in [1.165, 1.54) is 0 Å². The Morgan fingerprint density at radius 3 is 2.89 bits per heavy atom. The van der Waals surface area contributed by atoms with Crippen molar-refractivity contribution in [3.63, 3.8) is 0 Å².